The number of imide groups is 1. The molecule has 0 saturated carbocycles. The number of carbonyl (C=O) groups is 2. The van der Waals surface area contributed by atoms with Crippen molar-refractivity contribution in [2.24, 2.45) is 0 Å². The first kappa shape index (κ1) is 12.7. The maximum Gasteiger partial charge on any atom is 0.325 e. The average Bonchev–Trinajstić information content (AvgIpc) is 2.47. The molecular formula is C11H19N3O2. The van der Waals surface area contributed by atoms with E-state index in [0.29, 0.717) is 19.5 Å². The van der Waals surface area contributed by atoms with Gasteiger partial charge in [0.15, 0.2) is 0 Å². The van der Waals surface area contributed by atoms with Crippen LogP contribution in [0.4, 0.5) is 4.79 Å². The monoisotopic (exact) mass is 225 g/mol. The largest absolute Gasteiger partial charge is 0.326 e. The van der Waals surface area contributed by atoms with E-state index < -0.39 is 0 Å². The first-order chi connectivity index (χ1) is 7.60. The van der Waals surface area contributed by atoms with Crippen molar-refractivity contribution >= 4 is 11.9 Å². The van der Waals surface area contributed by atoms with E-state index in [4.69, 9.17) is 0 Å². The fourth-order valence-electron chi connectivity index (χ4n) is 1.74. The number of urea groups is 1. The molecule has 0 spiro atoms. The van der Waals surface area contributed by atoms with Crippen LogP contribution in [-0.4, -0.2) is 43.0 Å². The molecule has 1 aliphatic heterocycles. The van der Waals surface area contributed by atoms with Crippen molar-refractivity contribution in [3.05, 3.63) is 12.2 Å². The van der Waals surface area contributed by atoms with Gasteiger partial charge in [-0.2, -0.15) is 0 Å². The molecule has 0 bridgehead atoms. The molecule has 1 fully saturated rings. The summed E-state index contributed by atoms with van der Waals surface area (Å²) in [5.74, 6) is -0.135. The number of likely N-dealkylation sites (N-methyl/N-ethyl adjacent to an activating group) is 1. The summed E-state index contributed by atoms with van der Waals surface area (Å²) < 4.78 is 0. The SMILES string of the molecule is C=C(CNC)CN1C(=O)NC(CCC)C1=O. The highest BCUT2D eigenvalue weighted by molar-refractivity contribution is 6.04. The Balaban J connectivity index is 2.57. The highest BCUT2D eigenvalue weighted by atomic mass is 16.2. The third-order valence-corrected chi connectivity index (χ3v) is 2.49. The lowest BCUT2D eigenvalue weighted by atomic mass is 10.1. The van der Waals surface area contributed by atoms with E-state index in [-0.39, 0.29) is 18.0 Å². The van der Waals surface area contributed by atoms with Gasteiger partial charge < -0.3 is 10.6 Å². The van der Waals surface area contributed by atoms with Gasteiger partial charge in [0.2, 0.25) is 0 Å². The van der Waals surface area contributed by atoms with E-state index in [2.05, 4.69) is 17.2 Å². The summed E-state index contributed by atoms with van der Waals surface area (Å²) in [5.41, 5.74) is 0.822. The Kier molecular flexibility index (Phi) is 4.49. The molecule has 1 saturated heterocycles. The van der Waals surface area contributed by atoms with Gasteiger partial charge in [-0.15, -0.1) is 0 Å². The lowest BCUT2D eigenvalue weighted by Crippen LogP contribution is -2.34. The molecule has 3 amide bonds. The lowest BCUT2D eigenvalue weighted by Gasteiger charge is -2.14. The van der Waals surface area contributed by atoms with Crippen LogP contribution in [0.2, 0.25) is 0 Å². The number of hydrogen-bond donors (Lipinski definition) is 2. The Labute approximate surface area is 95.9 Å². The minimum Gasteiger partial charge on any atom is -0.326 e. The minimum atomic E-state index is -0.347. The second-order valence-corrected chi connectivity index (χ2v) is 4.00. The van der Waals surface area contributed by atoms with Crippen molar-refractivity contribution in [2.45, 2.75) is 25.8 Å². The zero-order chi connectivity index (χ0) is 12.1. The number of rotatable bonds is 6. The number of hydrogen-bond acceptors (Lipinski definition) is 3. The zero-order valence-electron chi connectivity index (χ0n) is 9.88. The fraction of sp³-hybridized carbons (Fsp3) is 0.636. The molecule has 1 heterocycles. The second kappa shape index (κ2) is 5.65. The average molecular weight is 225 g/mol. The molecule has 0 radical (unpaired) electrons. The van der Waals surface area contributed by atoms with Crippen molar-refractivity contribution < 1.29 is 9.59 Å². The first-order valence-electron chi connectivity index (χ1n) is 5.53. The molecule has 0 aromatic rings. The third kappa shape index (κ3) is 2.82. The maximum atomic E-state index is 11.8. The summed E-state index contributed by atoms with van der Waals surface area (Å²) >= 11 is 0. The van der Waals surface area contributed by atoms with Gasteiger partial charge in [0.1, 0.15) is 6.04 Å². The third-order valence-electron chi connectivity index (χ3n) is 2.49. The standard InChI is InChI=1S/C11H19N3O2/c1-4-5-9-10(15)14(11(16)13-9)7-8(2)6-12-3/h9,12H,2,4-7H2,1,3H3,(H,13,16). The number of amides is 3. The van der Waals surface area contributed by atoms with E-state index in [1.165, 1.54) is 4.90 Å². The van der Waals surface area contributed by atoms with Crippen LogP contribution in [0.5, 0.6) is 0 Å². The quantitative estimate of drug-likeness (QED) is 0.510. The van der Waals surface area contributed by atoms with Crippen LogP contribution in [0.3, 0.4) is 0 Å². The van der Waals surface area contributed by atoms with Gasteiger partial charge in [0.05, 0.1) is 6.54 Å². The van der Waals surface area contributed by atoms with Crippen molar-refractivity contribution in [1.82, 2.24) is 15.5 Å². The smallest absolute Gasteiger partial charge is 0.325 e. The van der Waals surface area contributed by atoms with Gasteiger partial charge in [-0.25, -0.2) is 4.79 Å². The topological polar surface area (TPSA) is 61.4 Å². The molecule has 1 rings (SSSR count). The molecular weight excluding hydrogens is 206 g/mol. The molecule has 0 aliphatic carbocycles. The summed E-state index contributed by atoms with van der Waals surface area (Å²) in [6, 6.07) is -0.652. The van der Waals surface area contributed by atoms with Gasteiger partial charge in [-0.1, -0.05) is 19.9 Å². The summed E-state index contributed by atoms with van der Waals surface area (Å²) in [7, 11) is 1.80. The van der Waals surface area contributed by atoms with E-state index in [1.807, 2.05) is 6.92 Å². The number of carbonyl (C=O) groups excluding carboxylic acids is 2. The molecule has 1 aliphatic rings. The number of nitrogens with zero attached hydrogens (tertiary/aromatic N) is 1. The molecule has 90 valence electrons. The molecule has 5 heteroatoms. The van der Waals surface area contributed by atoms with Gasteiger partial charge in [-0.05, 0) is 19.0 Å². The summed E-state index contributed by atoms with van der Waals surface area (Å²) in [5, 5.41) is 5.62. The van der Waals surface area contributed by atoms with Gasteiger partial charge >= 0.3 is 6.03 Å². The summed E-state index contributed by atoms with van der Waals surface area (Å²) in [4.78, 5) is 24.6. The van der Waals surface area contributed by atoms with Gasteiger partial charge in [-0.3, -0.25) is 9.69 Å². The van der Waals surface area contributed by atoms with Crippen LogP contribution in [0, 0.1) is 0 Å². The van der Waals surface area contributed by atoms with E-state index >= 15 is 0 Å². The molecule has 1 unspecified atom stereocenters. The second-order valence-electron chi connectivity index (χ2n) is 4.00. The Bertz CT molecular complexity index is 302. The Morgan fingerprint density at radius 3 is 2.81 bits per heavy atom. The van der Waals surface area contributed by atoms with Crippen LogP contribution >= 0.6 is 0 Å². The van der Waals surface area contributed by atoms with Crippen LogP contribution in [0.1, 0.15) is 19.8 Å². The van der Waals surface area contributed by atoms with Crippen molar-refractivity contribution in [2.75, 3.05) is 20.1 Å². The first-order valence-corrected chi connectivity index (χ1v) is 5.53. The normalized spacial score (nSPS) is 20.1. The molecule has 1 atom stereocenters. The van der Waals surface area contributed by atoms with Crippen molar-refractivity contribution in [3.63, 3.8) is 0 Å². The highest BCUT2D eigenvalue weighted by Gasteiger charge is 2.36. The predicted octanol–water partition coefficient (Wildman–Crippen LogP) is 0.482. The number of nitrogens with one attached hydrogen (secondary N) is 2. The van der Waals surface area contributed by atoms with E-state index in [9.17, 15) is 9.59 Å². The van der Waals surface area contributed by atoms with Crippen LogP contribution < -0.4 is 10.6 Å². The Morgan fingerprint density at radius 1 is 1.56 bits per heavy atom. The van der Waals surface area contributed by atoms with Crippen LogP contribution in [0.15, 0.2) is 12.2 Å². The lowest BCUT2D eigenvalue weighted by molar-refractivity contribution is -0.127. The van der Waals surface area contributed by atoms with Crippen LogP contribution in [0.25, 0.3) is 0 Å². The van der Waals surface area contributed by atoms with E-state index in [0.717, 1.165) is 12.0 Å². The van der Waals surface area contributed by atoms with Gasteiger partial charge in [0.25, 0.3) is 5.91 Å². The molecule has 5 nitrogen and oxygen atoms in total. The van der Waals surface area contributed by atoms with Crippen LogP contribution in [-0.2, 0) is 4.79 Å². The molecule has 16 heavy (non-hydrogen) atoms. The minimum absolute atomic E-state index is 0.135. The van der Waals surface area contributed by atoms with Gasteiger partial charge in [0, 0.05) is 6.54 Å². The summed E-state index contributed by atoms with van der Waals surface area (Å²) in [6.07, 6.45) is 1.57. The highest BCUT2D eigenvalue weighted by Crippen LogP contribution is 2.12. The molecule has 0 aromatic heterocycles. The maximum absolute atomic E-state index is 11.8. The molecule has 2 N–H and O–H groups in total. The zero-order valence-corrected chi connectivity index (χ0v) is 9.88. The van der Waals surface area contributed by atoms with Crippen molar-refractivity contribution in [3.8, 4) is 0 Å². The molecule has 0 aromatic carbocycles. The fourth-order valence-corrected chi connectivity index (χ4v) is 1.74. The summed E-state index contributed by atoms with van der Waals surface area (Å²) in [6.45, 7) is 6.70. The Morgan fingerprint density at radius 2 is 2.25 bits per heavy atom. The predicted molar refractivity (Wildman–Crippen MR) is 62.0 cm³/mol. The van der Waals surface area contributed by atoms with Crippen molar-refractivity contribution in [1.29, 1.82) is 0 Å². The Hall–Kier alpha value is -1.36. The van der Waals surface area contributed by atoms with E-state index in [1.54, 1.807) is 7.05 Å².